The van der Waals surface area contributed by atoms with E-state index in [0.29, 0.717) is 11.7 Å². The van der Waals surface area contributed by atoms with Crippen LogP contribution in [0.2, 0.25) is 5.15 Å². The average Bonchev–Trinajstić information content (AvgIpc) is 2.87. The highest BCUT2D eigenvalue weighted by molar-refractivity contribution is 6.30. The van der Waals surface area contributed by atoms with Crippen molar-refractivity contribution in [1.82, 2.24) is 19.6 Å². The normalized spacial score (nSPS) is 19.3. The third-order valence-corrected chi connectivity index (χ3v) is 3.80. The molecule has 0 amide bonds. The molecule has 4 rings (SSSR count). The van der Waals surface area contributed by atoms with Crippen molar-refractivity contribution in [2.45, 2.75) is 38.0 Å². The smallest absolute Gasteiger partial charge is 0.216 e. The predicted octanol–water partition coefficient (Wildman–Crippen LogP) is 2.14. The van der Waals surface area contributed by atoms with E-state index >= 15 is 0 Å². The summed E-state index contributed by atoms with van der Waals surface area (Å²) in [6.45, 7) is 0. The van der Waals surface area contributed by atoms with Crippen molar-refractivity contribution in [2.75, 3.05) is 0 Å². The number of halogens is 1. The number of aromatic nitrogens is 4. The molecular weight excluding hydrogens is 224 g/mol. The molecule has 0 atom stereocenters. The number of nitrogens with zero attached hydrogens (tertiary/aromatic N) is 4. The molecule has 0 spiro atoms. The van der Waals surface area contributed by atoms with Gasteiger partial charge in [0, 0.05) is 11.5 Å². The molecule has 2 aliphatic rings. The van der Waals surface area contributed by atoms with Gasteiger partial charge in [0.05, 0.1) is 5.69 Å². The quantitative estimate of drug-likeness (QED) is 0.710. The monoisotopic (exact) mass is 234 g/mol. The fourth-order valence-electron chi connectivity index (χ4n) is 2.36. The minimum Gasteiger partial charge on any atom is -0.216 e. The number of aryl methyl sites for hydroxylation is 1. The third kappa shape index (κ3) is 1.13. The van der Waals surface area contributed by atoms with E-state index in [1.54, 1.807) is 4.52 Å². The molecule has 0 unspecified atom stereocenters. The highest BCUT2D eigenvalue weighted by Crippen LogP contribution is 2.38. The molecule has 2 aromatic heterocycles. The van der Waals surface area contributed by atoms with Crippen LogP contribution in [-0.4, -0.2) is 19.6 Å². The first kappa shape index (κ1) is 8.93. The predicted molar refractivity (Wildman–Crippen MR) is 59.8 cm³/mol. The van der Waals surface area contributed by atoms with Crippen LogP contribution in [-0.2, 0) is 12.8 Å². The maximum atomic E-state index is 6.35. The summed E-state index contributed by atoms with van der Waals surface area (Å²) in [5, 5.41) is 5.18. The second-order valence-electron chi connectivity index (χ2n) is 4.64. The summed E-state index contributed by atoms with van der Waals surface area (Å²) in [7, 11) is 0. The van der Waals surface area contributed by atoms with E-state index in [4.69, 9.17) is 11.6 Å². The standard InChI is InChI=1S/C11H11ClN4/c12-9-7-2-1-3-8(7)13-11-14-10(6-4-5-6)15-16(9)11/h6H,1-5H2. The molecule has 1 fully saturated rings. The van der Waals surface area contributed by atoms with Crippen molar-refractivity contribution in [3.05, 3.63) is 22.2 Å². The van der Waals surface area contributed by atoms with Gasteiger partial charge >= 0.3 is 0 Å². The SMILES string of the molecule is Clc1c2c(nc3nc(C4CC4)nn13)CCC2. The van der Waals surface area contributed by atoms with Gasteiger partial charge < -0.3 is 0 Å². The van der Waals surface area contributed by atoms with Gasteiger partial charge in [-0.3, -0.25) is 0 Å². The van der Waals surface area contributed by atoms with Crippen LogP contribution in [0.3, 0.4) is 0 Å². The second kappa shape index (κ2) is 2.94. The molecular formula is C11H11ClN4. The molecule has 1 saturated carbocycles. The zero-order valence-electron chi connectivity index (χ0n) is 8.78. The van der Waals surface area contributed by atoms with Gasteiger partial charge in [0.15, 0.2) is 5.82 Å². The first-order valence-electron chi connectivity index (χ1n) is 5.77. The van der Waals surface area contributed by atoms with Crippen molar-refractivity contribution in [1.29, 1.82) is 0 Å². The minimum atomic E-state index is 0.549. The summed E-state index contributed by atoms with van der Waals surface area (Å²) in [6, 6.07) is 0. The van der Waals surface area contributed by atoms with Crippen LogP contribution in [0.4, 0.5) is 0 Å². The van der Waals surface area contributed by atoms with Crippen LogP contribution >= 0.6 is 11.6 Å². The number of hydrogen-bond donors (Lipinski definition) is 0. The Labute approximate surface area is 97.7 Å². The van der Waals surface area contributed by atoms with E-state index < -0.39 is 0 Å². The molecule has 0 aromatic carbocycles. The highest BCUT2D eigenvalue weighted by Gasteiger charge is 2.29. The van der Waals surface area contributed by atoms with Gasteiger partial charge in [-0.15, -0.1) is 5.10 Å². The molecule has 16 heavy (non-hydrogen) atoms. The van der Waals surface area contributed by atoms with Crippen LogP contribution in [0, 0.1) is 0 Å². The highest BCUT2D eigenvalue weighted by atomic mass is 35.5. The van der Waals surface area contributed by atoms with Crippen LogP contribution in [0.25, 0.3) is 5.78 Å². The van der Waals surface area contributed by atoms with Crippen molar-refractivity contribution in [2.24, 2.45) is 0 Å². The molecule has 0 bridgehead atoms. The zero-order chi connectivity index (χ0) is 10.7. The van der Waals surface area contributed by atoms with Crippen molar-refractivity contribution >= 4 is 17.4 Å². The van der Waals surface area contributed by atoms with Crippen molar-refractivity contribution in [3.8, 4) is 0 Å². The molecule has 5 heteroatoms. The first-order chi connectivity index (χ1) is 7.83. The Kier molecular flexibility index (Phi) is 1.64. The molecule has 0 radical (unpaired) electrons. The lowest BCUT2D eigenvalue weighted by Gasteiger charge is -2.01. The average molecular weight is 235 g/mol. The van der Waals surface area contributed by atoms with Gasteiger partial charge in [-0.25, -0.2) is 4.98 Å². The summed E-state index contributed by atoms with van der Waals surface area (Å²) in [6.07, 6.45) is 5.60. The number of rotatable bonds is 1. The topological polar surface area (TPSA) is 43.1 Å². The molecule has 0 aliphatic heterocycles. The largest absolute Gasteiger partial charge is 0.254 e. The lowest BCUT2D eigenvalue weighted by atomic mass is 10.3. The lowest BCUT2D eigenvalue weighted by molar-refractivity contribution is 0.862. The van der Waals surface area contributed by atoms with Crippen LogP contribution < -0.4 is 0 Å². The van der Waals surface area contributed by atoms with E-state index in [-0.39, 0.29) is 0 Å². The van der Waals surface area contributed by atoms with Crippen molar-refractivity contribution < 1.29 is 0 Å². The molecule has 82 valence electrons. The Morgan fingerprint density at radius 2 is 2.06 bits per heavy atom. The Hall–Kier alpha value is -1.16. The fraction of sp³-hybridized carbons (Fsp3) is 0.545. The first-order valence-corrected chi connectivity index (χ1v) is 6.14. The van der Waals surface area contributed by atoms with Gasteiger partial charge in [0.25, 0.3) is 5.78 Å². The summed E-state index contributed by atoms with van der Waals surface area (Å²) < 4.78 is 1.71. The van der Waals surface area contributed by atoms with Crippen LogP contribution in [0.15, 0.2) is 0 Å². The van der Waals surface area contributed by atoms with E-state index in [2.05, 4.69) is 15.1 Å². The Morgan fingerprint density at radius 3 is 2.88 bits per heavy atom. The maximum Gasteiger partial charge on any atom is 0.254 e. The van der Waals surface area contributed by atoms with Gasteiger partial charge in [-0.05, 0) is 32.1 Å². The summed E-state index contributed by atoms with van der Waals surface area (Å²) in [5.74, 6) is 2.14. The van der Waals surface area contributed by atoms with E-state index in [9.17, 15) is 0 Å². The van der Waals surface area contributed by atoms with Gasteiger partial charge in [-0.2, -0.15) is 9.50 Å². The Morgan fingerprint density at radius 1 is 1.19 bits per heavy atom. The van der Waals surface area contributed by atoms with Crippen LogP contribution in [0.5, 0.6) is 0 Å². The fourth-order valence-corrected chi connectivity index (χ4v) is 2.68. The Balaban J connectivity index is 2.00. The van der Waals surface area contributed by atoms with Gasteiger partial charge in [-0.1, -0.05) is 11.6 Å². The van der Waals surface area contributed by atoms with E-state index in [0.717, 1.165) is 35.9 Å². The van der Waals surface area contributed by atoms with Gasteiger partial charge in [0.2, 0.25) is 0 Å². The Bertz CT molecular complexity index is 585. The minimum absolute atomic E-state index is 0.549. The summed E-state index contributed by atoms with van der Waals surface area (Å²) in [4.78, 5) is 9.02. The third-order valence-electron chi connectivity index (χ3n) is 3.41. The maximum absolute atomic E-state index is 6.35. The molecule has 2 aliphatic carbocycles. The van der Waals surface area contributed by atoms with E-state index in [1.807, 2.05) is 0 Å². The molecule has 2 aromatic rings. The molecule has 2 heterocycles. The zero-order valence-corrected chi connectivity index (χ0v) is 9.54. The number of fused-ring (bicyclic) bond motifs is 2. The molecule has 4 nitrogen and oxygen atoms in total. The van der Waals surface area contributed by atoms with Crippen LogP contribution in [0.1, 0.15) is 42.3 Å². The molecule has 0 saturated heterocycles. The van der Waals surface area contributed by atoms with Gasteiger partial charge in [0.1, 0.15) is 5.15 Å². The lowest BCUT2D eigenvalue weighted by Crippen LogP contribution is -1.99. The second-order valence-corrected chi connectivity index (χ2v) is 5.00. The van der Waals surface area contributed by atoms with E-state index in [1.165, 1.54) is 18.4 Å². The summed E-state index contributed by atoms with van der Waals surface area (Å²) >= 11 is 6.35. The molecule has 0 N–H and O–H groups in total. The number of hydrogen-bond acceptors (Lipinski definition) is 3. The van der Waals surface area contributed by atoms with Crippen molar-refractivity contribution in [3.63, 3.8) is 0 Å². The summed E-state index contributed by atoms with van der Waals surface area (Å²) in [5.41, 5.74) is 2.29.